The van der Waals surface area contributed by atoms with Crippen LogP contribution >= 0.6 is 0 Å². The molecule has 7 heteroatoms. The van der Waals surface area contributed by atoms with Crippen LogP contribution in [-0.4, -0.2) is 35.1 Å². The molecule has 0 saturated heterocycles. The number of ether oxygens (including phenoxy) is 2. The number of nitrogens with zero attached hydrogens (tertiary/aromatic N) is 3. The first-order chi connectivity index (χ1) is 12.6. The Bertz CT molecular complexity index is 816. The zero-order valence-corrected chi connectivity index (χ0v) is 15.0. The van der Waals surface area contributed by atoms with Gasteiger partial charge in [0.05, 0.1) is 24.6 Å². The fraction of sp³-hybridized carbons (Fsp3) is 0.263. The molecule has 0 radical (unpaired) electrons. The minimum absolute atomic E-state index is 0.0997. The summed E-state index contributed by atoms with van der Waals surface area (Å²) in [5.74, 6) is 0.726. The Balaban J connectivity index is 2.30. The molecule has 0 aliphatic carbocycles. The van der Waals surface area contributed by atoms with Gasteiger partial charge in [0, 0.05) is 35.6 Å². The van der Waals surface area contributed by atoms with Crippen molar-refractivity contribution in [2.24, 2.45) is 10.7 Å². The van der Waals surface area contributed by atoms with Gasteiger partial charge in [-0.05, 0) is 32.2 Å². The van der Waals surface area contributed by atoms with E-state index in [1.165, 1.54) is 25.6 Å². The predicted octanol–water partition coefficient (Wildman–Crippen LogP) is 2.55. The second-order valence-electron chi connectivity index (χ2n) is 5.67. The summed E-state index contributed by atoms with van der Waals surface area (Å²) in [4.78, 5) is 24.1. The highest BCUT2D eigenvalue weighted by Gasteiger charge is 2.11. The second kappa shape index (κ2) is 9.31. The fourth-order valence-electron chi connectivity index (χ4n) is 2.27. The maximum atomic E-state index is 11.3. The second-order valence-corrected chi connectivity index (χ2v) is 5.67. The van der Waals surface area contributed by atoms with Crippen molar-refractivity contribution < 1.29 is 14.3 Å². The highest BCUT2D eigenvalue weighted by atomic mass is 16.5. The zero-order valence-electron chi connectivity index (χ0n) is 15.0. The molecule has 0 bridgehead atoms. The summed E-state index contributed by atoms with van der Waals surface area (Å²) >= 11 is 0. The van der Waals surface area contributed by atoms with Crippen molar-refractivity contribution in [3.63, 3.8) is 0 Å². The van der Waals surface area contributed by atoms with Crippen LogP contribution in [0.25, 0.3) is 0 Å². The molecule has 7 nitrogen and oxygen atoms in total. The highest BCUT2D eigenvalue weighted by molar-refractivity contribution is 6.09. The summed E-state index contributed by atoms with van der Waals surface area (Å²) in [6.45, 7) is 4.19. The topological polar surface area (TPSA) is 99.7 Å². The molecule has 2 aromatic rings. The number of aromatic nitrogens is 2. The number of hydrogen-bond acceptors (Lipinski definition) is 7. The standard InChI is InChI=1S/C19H22N4O3/c1-13(2)23-17(4-6-20)16-9-21-7-5-14(16)12-26-18-10-22-19(25-3)8-15(18)11-24/h4-11,13H,12,20H2,1-3H3/b6-4-,23-17?. The predicted molar refractivity (Wildman–Crippen MR) is 99.7 cm³/mol. The molecular formula is C19H22N4O3. The van der Waals surface area contributed by atoms with Crippen molar-refractivity contribution in [3.8, 4) is 11.6 Å². The first kappa shape index (κ1) is 19.1. The first-order valence-electron chi connectivity index (χ1n) is 8.10. The molecule has 0 amide bonds. The van der Waals surface area contributed by atoms with Gasteiger partial charge in [0.2, 0.25) is 5.88 Å². The van der Waals surface area contributed by atoms with E-state index in [-0.39, 0.29) is 12.6 Å². The number of carbonyl (C=O) groups excluding carboxylic acids is 1. The van der Waals surface area contributed by atoms with Gasteiger partial charge in [0.15, 0.2) is 6.29 Å². The van der Waals surface area contributed by atoms with Gasteiger partial charge in [0.1, 0.15) is 12.4 Å². The lowest BCUT2D eigenvalue weighted by Gasteiger charge is -2.13. The number of pyridine rings is 2. The van der Waals surface area contributed by atoms with Gasteiger partial charge in [-0.3, -0.25) is 14.8 Å². The van der Waals surface area contributed by atoms with E-state index in [9.17, 15) is 4.79 Å². The summed E-state index contributed by atoms with van der Waals surface area (Å²) in [5, 5.41) is 0. The first-order valence-corrected chi connectivity index (χ1v) is 8.10. The number of aldehydes is 1. The maximum Gasteiger partial charge on any atom is 0.213 e. The van der Waals surface area contributed by atoms with Crippen LogP contribution in [0.2, 0.25) is 0 Å². The minimum Gasteiger partial charge on any atom is -0.487 e. The molecule has 26 heavy (non-hydrogen) atoms. The molecule has 2 N–H and O–H groups in total. The Morgan fingerprint density at radius 1 is 1.38 bits per heavy atom. The Morgan fingerprint density at radius 3 is 2.85 bits per heavy atom. The van der Waals surface area contributed by atoms with Gasteiger partial charge in [-0.2, -0.15) is 0 Å². The number of aliphatic imine (C=N–C) groups is 1. The van der Waals surface area contributed by atoms with Crippen molar-refractivity contribution in [2.75, 3.05) is 7.11 Å². The Morgan fingerprint density at radius 2 is 2.19 bits per heavy atom. The van der Waals surface area contributed by atoms with Crippen LogP contribution in [-0.2, 0) is 6.61 Å². The molecule has 0 atom stereocenters. The molecule has 2 aromatic heterocycles. The van der Waals surface area contributed by atoms with Gasteiger partial charge in [-0.25, -0.2) is 4.98 Å². The van der Waals surface area contributed by atoms with Crippen molar-refractivity contribution in [1.82, 2.24) is 9.97 Å². The number of allylic oxidation sites excluding steroid dienone is 1. The average Bonchev–Trinajstić information content (AvgIpc) is 2.65. The van der Waals surface area contributed by atoms with Gasteiger partial charge in [-0.1, -0.05) is 0 Å². The third kappa shape index (κ3) is 4.89. The normalized spacial score (nSPS) is 11.8. The van der Waals surface area contributed by atoms with E-state index in [2.05, 4.69) is 15.0 Å². The van der Waals surface area contributed by atoms with Gasteiger partial charge >= 0.3 is 0 Å². The molecule has 0 saturated carbocycles. The fourth-order valence-corrected chi connectivity index (χ4v) is 2.27. The van der Waals surface area contributed by atoms with Crippen molar-refractivity contribution in [2.45, 2.75) is 26.5 Å². The molecule has 0 unspecified atom stereocenters. The van der Waals surface area contributed by atoms with Crippen molar-refractivity contribution >= 4 is 12.0 Å². The van der Waals surface area contributed by atoms with Gasteiger partial charge in [-0.15, -0.1) is 0 Å². The van der Waals surface area contributed by atoms with E-state index in [1.54, 1.807) is 18.5 Å². The molecule has 0 spiro atoms. The third-order valence-corrected chi connectivity index (χ3v) is 3.43. The third-order valence-electron chi connectivity index (χ3n) is 3.43. The zero-order chi connectivity index (χ0) is 18.9. The molecule has 0 aliphatic heterocycles. The van der Waals surface area contributed by atoms with E-state index in [0.717, 1.165) is 16.8 Å². The smallest absolute Gasteiger partial charge is 0.213 e. The Hall–Kier alpha value is -3.22. The van der Waals surface area contributed by atoms with Crippen LogP contribution in [0.4, 0.5) is 0 Å². The number of rotatable bonds is 8. The molecule has 0 aromatic carbocycles. The van der Waals surface area contributed by atoms with Crippen molar-refractivity contribution in [3.05, 3.63) is 59.7 Å². The van der Waals surface area contributed by atoms with Crippen LogP contribution < -0.4 is 15.2 Å². The van der Waals surface area contributed by atoms with E-state index in [0.29, 0.717) is 23.5 Å². The number of hydrogen-bond donors (Lipinski definition) is 1. The lowest BCUT2D eigenvalue weighted by atomic mass is 10.1. The molecular weight excluding hydrogens is 332 g/mol. The molecule has 0 aliphatic rings. The lowest BCUT2D eigenvalue weighted by molar-refractivity contribution is 0.111. The van der Waals surface area contributed by atoms with Crippen LogP contribution in [0.3, 0.4) is 0 Å². The summed E-state index contributed by atoms with van der Waals surface area (Å²) < 4.78 is 10.8. The molecule has 0 fully saturated rings. The largest absolute Gasteiger partial charge is 0.487 e. The molecule has 2 heterocycles. The monoisotopic (exact) mass is 354 g/mol. The summed E-state index contributed by atoms with van der Waals surface area (Å²) in [7, 11) is 1.49. The molecule has 2 rings (SSSR count). The van der Waals surface area contributed by atoms with Crippen LogP contribution in [0, 0.1) is 0 Å². The molecule has 136 valence electrons. The highest BCUT2D eigenvalue weighted by Crippen LogP contribution is 2.22. The van der Waals surface area contributed by atoms with Crippen LogP contribution in [0.5, 0.6) is 11.6 Å². The van der Waals surface area contributed by atoms with Gasteiger partial charge < -0.3 is 15.2 Å². The Labute approximate surface area is 152 Å². The van der Waals surface area contributed by atoms with E-state index in [4.69, 9.17) is 15.2 Å². The van der Waals surface area contributed by atoms with E-state index in [1.807, 2.05) is 19.9 Å². The lowest BCUT2D eigenvalue weighted by Crippen LogP contribution is -2.09. The quantitative estimate of drug-likeness (QED) is 0.578. The van der Waals surface area contributed by atoms with Crippen LogP contribution in [0.15, 0.2) is 48.0 Å². The van der Waals surface area contributed by atoms with E-state index >= 15 is 0 Å². The van der Waals surface area contributed by atoms with Crippen molar-refractivity contribution in [1.29, 1.82) is 0 Å². The Kier molecular flexibility index (Phi) is 6.84. The number of nitrogens with two attached hydrogens (primary N) is 1. The number of methoxy groups -OCH3 is 1. The number of carbonyl (C=O) groups is 1. The van der Waals surface area contributed by atoms with Gasteiger partial charge in [0.25, 0.3) is 0 Å². The maximum absolute atomic E-state index is 11.3. The minimum atomic E-state index is 0.0997. The average molecular weight is 354 g/mol. The van der Waals surface area contributed by atoms with E-state index < -0.39 is 0 Å². The summed E-state index contributed by atoms with van der Waals surface area (Å²) in [5.41, 5.74) is 8.32. The summed E-state index contributed by atoms with van der Waals surface area (Å²) in [6.07, 6.45) is 8.73. The summed E-state index contributed by atoms with van der Waals surface area (Å²) in [6, 6.07) is 3.47. The SMILES string of the molecule is COc1cc(C=O)c(OCc2ccncc2C(/C=C\N)=NC(C)C)cn1. The van der Waals surface area contributed by atoms with Crippen LogP contribution in [0.1, 0.15) is 35.3 Å².